The minimum Gasteiger partial charge on any atom is -0.497 e. The first-order chi connectivity index (χ1) is 13.3. The van der Waals surface area contributed by atoms with E-state index in [1.807, 2.05) is 43.3 Å². The lowest BCUT2D eigenvalue weighted by atomic mass is 9.93. The van der Waals surface area contributed by atoms with Gasteiger partial charge in [0.2, 0.25) is 0 Å². The minimum atomic E-state index is -3.58. The fourth-order valence-electron chi connectivity index (χ4n) is 3.10. The Morgan fingerprint density at radius 3 is 2.32 bits per heavy atom. The topological polar surface area (TPSA) is 92.0 Å². The van der Waals surface area contributed by atoms with E-state index in [9.17, 15) is 8.42 Å². The van der Waals surface area contributed by atoms with E-state index in [0.717, 1.165) is 29.0 Å². The summed E-state index contributed by atoms with van der Waals surface area (Å²) in [6.45, 7) is 1.96. The summed E-state index contributed by atoms with van der Waals surface area (Å²) in [5.41, 5.74) is 3.06. The maximum Gasteiger partial charge on any atom is 0.264 e. The van der Waals surface area contributed by atoms with Gasteiger partial charge in [0.05, 0.1) is 49.0 Å². The summed E-state index contributed by atoms with van der Waals surface area (Å²) in [4.78, 5) is 0. The quantitative estimate of drug-likeness (QED) is 0.694. The van der Waals surface area contributed by atoms with Crippen LogP contribution in [0.25, 0.3) is 0 Å². The summed E-state index contributed by atoms with van der Waals surface area (Å²) in [6, 6.07) is 16.3. The van der Waals surface area contributed by atoms with Gasteiger partial charge in [-0.3, -0.25) is 9.19 Å². The number of methoxy groups -OCH3 is 1. The normalized spacial score (nSPS) is 19.2. The number of hydrazone groups is 1. The monoisotopic (exact) mass is 399 g/mol. The number of anilines is 1. The van der Waals surface area contributed by atoms with E-state index in [1.54, 1.807) is 24.3 Å². The molecule has 0 amide bonds. The Morgan fingerprint density at radius 2 is 1.79 bits per heavy atom. The summed E-state index contributed by atoms with van der Waals surface area (Å²) in [6.07, 6.45) is 1.03. The maximum absolute atomic E-state index is 11.5. The van der Waals surface area contributed by atoms with Crippen molar-refractivity contribution in [1.29, 1.82) is 5.26 Å². The van der Waals surface area contributed by atoms with E-state index in [0.29, 0.717) is 5.56 Å². The number of ether oxygens (including phenoxy) is 1. The number of hydrogen-bond donors (Lipinski definition) is 0. The van der Waals surface area contributed by atoms with Crippen LogP contribution >= 0.6 is 0 Å². The van der Waals surface area contributed by atoms with Gasteiger partial charge in [-0.1, -0.05) is 19.1 Å². The molecular weight excluding hydrogens is 378 g/mol. The maximum atomic E-state index is 11.5. The van der Waals surface area contributed by atoms with Gasteiger partial charge in [-0.2, -0.15) is 18.8 Å². The van der Waals surface area contributed by atoms with Crippen molar-refractivity contribution in [3.05, 3.63) is 59.7 Å². The molecular formula is C20H21N3O4S. The van der Waals surface area contributed by atoms with Crippen LogP contribution in [0.5, 0.6) is 5.75 Å². The molecule has 3 rings (SSSR count). The summed E-state index contributed by atoms with van der Waals surface area (Å²) in [7, 11) is -1.98. The fraction of sp³-hybridized carbons (Fsp3) is 0.300. The predicted octanol–water partition coefficient (Wildman–Crippen LogP) is 2.77. The van der Waals surface area contributed by atoms with Crippen LogP contribution < -0.4 is 9.75 Å². The smallest absolute Gasteiger partial charge is 0.264 e. The third-order valence-corrected chi connectivity index (χ3v) is 5.20. The van der Waals surface area contributed by atoms with Crippen molar-refractivity contribution in [2.24, 2.45) is 11.0 Å². The first-order valence-corrected chi connectivity index (χ1v) is 10.5. The molecule has 1 aliphatic rings. The van der Waals surface area contributed by atoms with Crippen LogP contribution in [0.4, 0.5) is 5.69 Å². The second kappa shape index (κ2) is 8.00. The Labute approximate surface area is 164 Å². The minimum absolute atomic E-state index is 0.0185. The molecule has 2 aromatic carbocycles. The number of benzene rings is 2. The highest BCUT2D eigenvalue weighted by molar-refractivity contribution is 7.85. The molecule has 8 heteroatoms. The second-order valence-electron chi connectivity index (χ2n) is 6.56. The number of nitrogens with zero attached hydrogens (tertiary/aromatic N) is 3. The average Bonchev–Trinajstić information content (AvgIpc) is 3.02. The lowest BCUT2D eigenvalue weighted by Gasteiger charge is -2.26. The molecule has 1 aliphatic heterocycles. The van der Waals surface area contributed by atoms with Gasteiger partial charge in [0.15, 0.2) is 0 Å². The molecule has 146 valence electrons. The van der Waals surface area contributed by atoms with Crippen LogP contribution in [-0.2, 0) is 14.3 Å². The highest BCUT2D eigenvalue weighted by atomic mass is 32.2. The Bertz CT molecular complexity index is 1010. The van der Waals surface area contributed by atoms with Gasteiger partial charge in [0.25, 0.3) is 10.1 Å². The largest absolute Gasteiger partial charge is 0.497 e. The highest BCUT2D eigenvalue weighted by Crippen LogP contribution is 2.32. The molecule has 0 aliphatic carbocycles. The van der Waals surface area contributed by atoms with E-state index in [2.05, 4.69) is 6.07 Å². The molecule has 28 heavy (non-hydrogen) atoms. The van der Waals surface area contributed by atoms with Crippen molar-refractivity contribution in [1.82, 2.24) is 0 Å². The van der Waals surface area contributed by atoms with Crippen molar-refractivity contribution in [3.8, 4) is 11.8 Å². The van der Waals surface area contributed by atoms with Crippen molar-refractivity contribution in [2.75, 3.05) is 25.0 Å². The molecule has 0 spiro atoms. The van der Waals surface area contributed by atoms with Gasteiger partial charge in [0.1, 0.15) is 5.75 Å². The van der Waals surface area contributed by atoms with Crippen molar-refractivity contribution < 1.29 is 17.3 Å². The van der Waals surface area contributed by atoms with Gasteiger partial charge in [-0.25, -0.2) is 0 Å². The molecule has 0 unspecified atom stereocenters. The SMILES string of the molecule is COc1ccc(N2N=C(c3ccc(C#N)cc3)[C@H](C)[C@@H]2COS(C)(=O)=O)cc1. The summed E-state index contributed by atoms with van der Waals surface area (Å²) < 4.78 is 33.3. The van der Waals surface area contributed by atoms with Crippen LogP contribution in [0.3, 0.4) is 0 Å². The molecule has 0 saturated carbocycles. The van der Waals surface area contributed by atoms with Gasteiger partial charge in [-0.05, 0) is 42.0 Å². The molecule has 0 bridgehead atoms. The Morgan fingerprint density at radius 1 is 1.14 bits per heavy atom. The Hall–Kier alpha value is -2.89. The van der Waals surface area contributed by atoms with Gasteiger partial charge in [-0.15, -0.1) is 0 Å². The molecule has 1 heterocycles. The molecule has 2 aromatic rings. The van der Waals surface area contributed by atoms with Gasteiger partial charge in [0, 0.05) is 5.92 Å². The zero-order valence-corrected chi connectivity index (χ0v) is 16.7. The van der Waals surface area contributed by atoms with E-state index in [1.165, 1.54) is 0 Å². The zero-order valence-electron chi connectivity index (χ0n) is 15.9. The van der Waals surface area contributed by atoms with Crippen LogP contribution in [0.15, 0.2) is 53.6 Å². The lowest BCUT2D eigenvalue weighted by Crippen LogP contribution is -2.37. The van der Waals surface area contributed by atoms with Crippen LogP contribution in [0.2, 0.25) is 0 Å². The first kappa shape index (κ1) is 19.9. The van der Waals surface area contributed by atoms with Crippen LogP contribution in [-0.4, -0.2) is 40.1 Å². The predicted molar refractivity (Wildman–Crippen MR) is 107 cm³/mol. The fourth-order valence-corrected chi connectivity index (χ4v) is 3.49. The number of nitriles is 1. The third-order valence-electron chi connectivity index (χ3n) is 4.64. The van der Waals surface area contributed by atoms with Gasteiger partial charge < -0.3 is 4.74 Å². The number of rotatable bonds is 6. The first-order valence-electron chi connectivity index (χ1n) is 8.69. The molecule has 0 fully saturated rings. The standard InChI is InChI=1S/C20H21N3O4S/c1-14-19(13-27-28(3,24)25)23(17-8-10-18(26-2)11-9-17)22-20(14)16-6-4-15(12-21)5-7-16/h4-11,14,19H,13H2,1-3H3/t14-,19+/m1/s1. The highest BCUT2D eigenvalue weighted by Gasteiger charge is 2.36. The third kappa shape index (κ3) is 4.32. The molecule has 7 nitrogen and oxygen atoms in total. The van der Waals surface area contributed by atoms with Crippen molar-refractivity contribution >= 4 is 21.5 Å². The van der Waals surface area contributed by atoms with E-state index in [4.69, 9.17) is 19.3 Å². The van der Waals surface area contributed by atoms with E-state index in [-0.39, 0.29) is 18.6 Å². The lowest BCUT2D eigenvalue weighted by molar-refractivity contribution is 0.278. The Balaban J connectivity index is 1.96. The summed E-state index contributed by atoms with van der Waals surface area (Å²) >= 11 is 0. The number of hydrogen-bond acceptors (Lipinski definition) is 7. The van der Waals surface area contributed by atoms with Gasteiger partial charge >= 0.3 is 0 Å². The Kier molecular flexibility index (Phi) is 5.68. The molecule has 0 radical (unpaired) electrons. The van der Waals surface area contributed by atoms with Crippen molar-refractivity contribution in [3.63, 3.8) is 0 Å². The van der Waals surface area contributed by atoms with E-state index >= 15 is 0 Å². The molecule has 0 N–H and O–H groups in total. The zero-order chi connectivity index (χ0) is 20.3. The molecule has 2 atom stereocenters. The van der Waals surface area contributed by atoms with Crippen LogP contribution in [0.1, 0.15) is 18.1 Å². The van der Waals surface area contributed by atoms with E-state index < -0.39 is 10.1 Å². The molecule has 0 aromatic heterocycles. The van der Waals surface area contributed by atoms with Crippen molar-refractivity contribution in [2.45, 2.75) is 13.0 Å². The summed E-state index contributed by atoms with van der Waals surface area (Å²) in [5, 5.41) is 15.5. The second-order valence-corrected chi connectivity index (χ2v) is 8.21. The average molecular weight is 399 g/mol. The molecule has 0 saturated heterocycles. The summed E-state index contributed by atoms with van der Waals surface area (Å²) in [5.74, 6) is 0.632. The van der Waals surface area contributed by atoms with Crippen LogP contribution in [0, 0.1) is 17.2 Å².